The molecule has 26 heavy (non-hydrogen) atoms. The topological polar surface area (TPSA) is 52.8 Å². The molecular weight excluding hydrogens is 320 g/mol. The molecule has 0 aliphatic heterocycles. The van der Waals surface area contributed by atoms with E-state index in [2.05, 4.69) is 64.3 Å². The molecule has 2 aromatic carbocycles. The SMILES string of the molecule is CCn1c(C#CCNc2ccc(C#N)cc2)cc2cc(CNC)ccc21. The number of hydrogen-bond acceptors (Lipinski definition) is 3. The standard InChI is InChI=1S/C22H22N4/c1-3-26-21(14-19-13-18(16-24-2)8-11-22(19)26)5-4-12-25-20-9-6-17(15-23)7-10-20/h6-11,13-14,24-25H,3,12,16H2,1-2H3. The Labute approximate surface area is 154 Å². The van der Waals surface area contributed by atoms with Crippen molar-refractivity contribution in [3.05, 3.63) is 65.4 Å². The summed E-state index contributed by atoms with van der Waals surface area (Å²) in [7, 11) is 1.96. The Morgan fingerprint density at radius 1 is 1.08 bits per heavy atom. The molecule has 0 spiro atoms. The average molecular weight is 342 g/mol. The molecule has 0 saturated heterocycles. The fourth-order valence-electron chi connectivity index (χ4n) is 3.02. The molecule has 0 aliphatic carbocycles. The zero-order valence-electron chi connectivity index (χ0n) is 15.1. The lowest BCUT2D eigenvalue weighted by atomic mass is 10.1. The van der Waals surface area contributed by atoms with Crippen LogP contribution >= 0.6 is 0 Å². The molecule has 1 aromatic heterocycles. The lowest BCUT2D eigenvalue weighted by Gasteiger charge is -2.04. The molecule has 0 atom stereocenters. The number of benzene rings is 2. The second-order valence-electron chi connectivity index (χ2n) is 6.04. The van der Waals surface area contributed by atoms with Crippen molar-refractivity contribution >= 4 is 16.6 Å². The van der Waals surface area contributed by atoms with E-state index in [-0.39, 0.29) is 0 Å². The molecule has 0 aliphatic rings. The van der Waals surface area contributed by atoms with Gasteiger partial charge in [0, 0.05) is 29.7 Å². The highest BCUT2D eigenvalue weighted by atomic mass is 15.0. The molecule has 1 heterocycles. The van der Waals surface area contributed by atoms with Gasteiger partial charge in [0.2, 0.25) is 0 Å². The monoisotopic (exact) mass is 342 g/mol. The first-order valence-electron chi connectivity index (χ1n) is 8.75. The van der Waals surface area contributed by atoms with E-state index >= 15 is 0 Å². The van der Waals surface area contributed by atoms with Crippen LogP contribution in [0.2, 0.25) is 0 Å². The van der Waals surface area contributed by atoms with Gasteiger partial charge in [-0.25, -0.2) is 0 Å². The third-order valence-corrected chi connectivity index (χ3v) is 4.27. The quantitative estimate of drug-likeness (QED) is 0.695. The van der Waals surface area contributed by atoms with Crippen LogP contribution in [-0.4, -0.2) is 18.2 Å². The molecule has 4 heteroatoms. The molecule has 3 rings (SSSR count). The number of nitrogens with zero attached hydrogens (tertiary/aromatic N) is 2. The molecule has 2 N–H and O–H groups in total. The molecule has 4 nitrogen and oxygen atoms in total. The number of anilines is 1. The number of hydrogen-bond donors (Lipinski definition) is 2. The van der Waals surface area contributed by atoms with Crippen LogP contribution < -0.4 is 10.6 Å². The normalized spacial score (nSPS) is 10.2. The fourth-order valence-corrected chi connectivity index (χ4v) is 3.02. The molecule has 0 amide bonds. The number of nitriles is 1. The van der Waals surface area contributed by atoms with Gasteiger partial charge in [-0.1, -0.05) is 12.0 Å². The van der Waals surface area contributed by atoms with Gasteiger partial charge in [0.1, 0.15) is 0 Å². The molecule has 0 bridgehead atoms. The summed E-state index contributed by atoms with van der Waals surface area (Å²) in [6.07, 6.45) is 0. The van der Waals surface area contributed by atoms with Crippen LogP contribution in [0.5, 0.6) is 0 Å². The molecule has 130 valence electrons. The van der Waals surface area contributed by atoms with E-state index in [1.165, 1.54) is 16.5 Å². The molecule has 0 unspecified atom stereocenters. The minimum atomic E-state index is 0.558. The summed E-state index contributed by atoms with van der Waals surface area (Å²) in [5, 5.41) is 16.5. The number of nitrogens with one attached hydrogen (secondary N) is 2. The van der Waals surface area contributed by atoms with E-state index in [1.807, 2.05) is 19.2 Å². The Bertz CT molecular complexity index is 995. The van der Waals surface area contributed by atoms with Crippen molar-refractivity contribution in [3.8, 4) is 17.9 Å². The molecule has 3 aromatic rings. The van der Waals surface area contributed by atoms with Crippen molar-refractivity contribution in [2.45, 2.75) is 20.0 Å². The Balaban J connectivity index is 1.75. The largest absolute Gasteiger partial charge is 0.374 e. The summed E-state index contributed by atoms with van der Waals surface area (Å²) >= 11 is 0. The fraction of sp³-hybridized carbons (Fsp3) is 0.227. The van der Waals surface area contributed by atoms with Gasteiger partial charge in [-0.2, -0.15) is 5.26 Å². The first-order valence-corrected chi connectivity index (χ1v) is 8.75. The smallest absolute Gasteiger partial charge is 0.0991 e. The van der Waals surface area contributed by atoms with Crippen LogP contribution in [0.1, 0.15) is 23.7 Å². The van der Waals surface area contributed by atoms with Gasteiger partial charge in [0.15, 0.2) is 0 Å². The number of fused-ring (bicyclic) bond motifs is 1. The van der Waals surface area contributed by atoms with Gasteiger partial charge < -0.3 is 15.2 Å². The predicted octanol–water partition coefficient (Wildman–Crippen LogP) is 3.72. The maximum absolute atomic E-state index is 8.83. The maximum Gasteiger partial charge on any atom is 0.0991 e. The zero-order valence-corrected chi connectivity index (χ0v) is 15.1. The number of aryl methyl sites for hydroxylation is 1. The van der Waals surface area contributed by atoms with Crippen LogP contribution in [0, 0.1) is 23.2 Å². The predicted molar refractivity (Wildman–Crippen MR) is 107 cm³/mol. The average Bonchev–Trinajstić information content (AvgIpc) is 3.02. The Morgan fingerprint density at radius 2 is 1.88 bits per heavy atom. The maximum atomic E-state index is 8.83. The highest BCUT2D eigenvalue weighted by Crippen LogP contribution is 2.21. The van der Waals surface area contributed by atoms with E-state index in [0.29, 0.717) is 12.1 Å². The minimum Gasteiger partial charge on any atom is -0.374 e. The highest BCUT2D eigenvalue weighted by Gasteiger charge is 2.06. The lowest BCUT2D eigenvalue weighted by molar-refractivity contribution is 0.786. The molecular formula is C22H22N4. The first-order chi connectivity index (χ1) is 12.7. The van der Waals surface area contributed by atoms with Crippen molar-refractivity contribution in [2.24, 2.45) is 0 Å². The van der Waals surface area contributed by atoms with E-state index in [4.69, 9.17) is 5.26 Å². The molecule has 0 radical (unpaired) electrons. The third-order valence-electron chi connectivity index (χ3n) is 4.27. The first kappa shape index (κ1) is 17.6. The zero-order chi connectivity index (χ0) is 18.4. The van der Waals surface area contributed by atoms with E-state index < -0.39 is 0 Å². The van der Waals surface area contributed by atoms with E-state index in [9.17, 15) is 0 Å². The van der Waals surface area contributed by atoms with Gasteiger partial charge >= 0.3 is 0 Å². The van der Waals surface area contributed by atoms with Crippen molar-refractivity contribution < 1.29 is 0 Å². The number of rotatable bonds is 5. The summed E-state index contributed by atoms with van der Waals surface area (Å²) < 4.78 is 2.24. The summed E-state index contributed by atoms with van der Waals surface area (Å²) in [4.78, 5) is 0. The second-order valence-corrected chi connectivity index (χ2v) is 6.04. The minimum absolute atomic E-state index is 0.558. The van der Waals surface area contributed by atoms with Crippen molar-refractivity contribution in [1.82, 2.24) is 9.88 Å². The van der Waals surface area contributed by atoms with Gasteiger partial charge in [-0.3, -0.25) is 0 Å². The van der Waals surface area contributed by atoms with Crippen LogP contribution in [0.3, 0.4) is 0 Å². The van der Waals surface area contributed by atoms with Gasteiger partial charge in [-0.15, -0.1) is 0 Å². The summed E-state index contributed by atoms with van der Waals surface area (Å²) in [5.74, 6) is 6.48. The van der Waals surface area contributed by atoms with E-state index in [1.54, 1.807) is 12.1 Å². The highest BCUT2D eigenvalue weighted by molar-refractivity contribution is 5.83. The van der Waals surface area contributed by atoms with Gasteiger partial charge in [0.25, 0.3) is 0 Å². The van der Waals surface area contributed by atoms with Crippen molar-refractivity contribution in [3.63, 3.8) is 0 Å². The van der Waals surface area contributed by atoms with Crippen molar-refractivity contribution in [1.29, 1.82) is 5.26 Å². The van der Waals surface area contributed by atoms with Crippen LogP contribution in [-0.2, 0) is 13.1 Å². The summed E-state index contributed by atoms with van der Waals surface area (Å²) in [6, 6.07) is 18.2. The van der Waals surface area contributed by atoms with Crippen molar-refractivity contribution in [2.75, 3.05) is 18.9 Å². The summed E-state index contributed by atoms with van der Waals surface area (Å²) in [6.45, 7) is 4.45. The number of aromatic nitrogens is 1. The third kappa shape index (κ3) is 3.88. The Kier molecular flexibility index (Phi) is 5.59. The van der Waals surface area contributed by atoms with Gasteiger partial charge in [0.05, 0.1) is 23.9 Å². The molecule has 0 fully saturated rings. The lowest BCUT2D eigenvalue weighted by Crippen LogP contribution is -2.04. The second kappa shape index (κ2) is 8.25. The Morgan fingerprint density at radius 3 is 2.58 bits per heavy atom. The summed E-state index contributed by atoms with van der Waals surface area (Å²) in [5.41, 5.74) is 5.15. The van der Waals surface area contributed by atoms with Gasteiger partial charge in [-0.05, 0) is 67.9 Å². The van der Waals surface area contributed by atoms with Crippen LogP contribution in [0.15, 0.2) is 48.5 Å². The molecule has 0 saturated carbocycles. The Hall–Kier alpha value is -3.21. The van der Waals surface area contributed by atoms with Crippen LogP contribution in [0.25, 0.3) is 10.9 Å². The van der Waals surface area contributed by atoms with Crippen LogP contribution in [0.4, 0.5) is 5.69 Å². The van der Waals surface area contributed by atoms with E-state index in [0.717, 1.165) is 24.5 Å².